The summed E-state index contributed by atoms with van der Waals surface area (Å²) in [6, 6.07) is 0. The summed E-state index contributed by atoms with van der Waals surface area (Å²) in [7, 11) is 0. The van der Waals surface area contributed by atoms with Crippen molar-refractivity contribution in [3.8, 4) is 0 Å². The second kappa shape index (κ2) is 4.42. The summed E-state index contributed by atoms with van der Waals surface area (Å²) < 4.78 is 5.53. The standard InChI is InChI=1S/C9H14N2O3S/c10-7-3-4-11(9(13)15-7)8-2-1-6(5-12)14-8/h3,6,8,12H,1-2,4-5,10H2/t6-,8+/m0/s1. The van der Waals surface area contributed by atoms with Gasteiger partial charge in [-0.3, -0.25) is 4.79 Å². The van der Waals surface area contributed by atoms with E-state index < -0.39 is 0 Å². The van der Waals surface area contributed by atoms with Crippen LogP contribution in [0, 0.1) is 0 Å². The molecule has 0 aromatic rings. The molecule has 0 saturated carbocycles. The maximum atomic E-state index is 11.6. The van der Waals surface area contributed by atoms with Crippen LogP contribution in [0.25, 0.3) is 0 Å². The highest BCUT2D eigenvalue weighted by molar-refractivity contribution is 8.16. The van der Waals surface area contributed by atoms with Crippen LogP contribution < -0.4 is 5.73 Å². The summed E-state index contributed by atoms with van der Waals surface area (Å²) in [5.41, 5.74) is 5.54. The number of rotatable bonds is 2. The average Bonchev–Trinajstić information content (AvgIpc) is 2.66. The number of hydrogen-bond acceptors (Lipinski definition) is 5. The van der Waals surface area contributed by atoms with Gasteiger partial charge in [-0.25, -0.2) is 0 Å². The van der Waals surface area contributed by atoms with E-state index >= 15 is 0 Å². The number of aliphatic hydroxyl groups is 1. The fraction of sp³-hybridized carbons (Fsp3) is 0.667. The molecule has 0 aromatic carbocycles. The minimum atomic E-state index is -0.202. The molecule has 0 aromatic heterocycles. The minimum absolute atomic E-state index is 0.0175. The molecule has 2 aliphatic heterocycles. The Balaban J connectivity index is 1.97. The van der Waals surface area contributed by atoms with Crippen molar-refractivity contribution in [2.45, 2.75) is 25.2 Å². The van der Waals surface area contributed by atoms with Gasteiger partial charge in [0.05, 0.1) is 17.7 Å². The van der Waals surface area contributed by atoms with Crippen molar-refractivity contribution in [1.82, 2.24) is 4.90 Å². The number of thioether (sulfide) groups is 1. The van der Waals surface area contributed by atoms with E-state index in [1.54, 1.807) is 4.90 Å². The van der Waals surface area contributed by atoms with Crippen LogP contribution in [-0.2, 0) is 4.74 Å². The smallest absolute Gasteiger partial charge is 0.290 e. The number of carbonyl (C=O) groups is 1. The largest absolute Gasteiger partial charge is 0.394 e. The summed E-state index contributed by atoms with van der Waals surface area (Å²) in [4.78, 5) is 13.3. The zero-order chi connectivity index (χ0) is 10.8. The van der Waals surface area contributed by atoms with Crippen LogP contribution >= 0.6 is 11.8 Å². The summed E-state index contributed by atoms with van der Waals surface area (Å²) in [6.07, 6.45) is 3.06. The summed E-state index contributed by atoms with van der Waals surface area (Å²) in [6.45, 7) is 0.518. The van der Waals surface area contributed by atoms with Gasteiger partial charge in [-0.1, -0.05) is 0 Å². The Bertz CT molecular complexity index is 295. The van der Waals surface area contributed by atoms with Gasteiger partial charge in [-0.15, -0.1) is 0 Å². The van der Waals surface area contributed by atoms with Gasteiger partial charge in [0.25, 0.3) is 5.24 Å². The van der Waals surface area contributed by atoms with Crippen molar-refractivity contribution < 1.29 is 14.6 Å². The van der Waals surface area contributed by atoms with Crippen LogP contribution in [-0.4, -0.2) is 40.7 Å². The van der Waals surface area contributed by atoms with Crippen LogP contribution in [0.3, 0.4) is 0 Å². The van der Waals surface area contributed by atoms with Gasteiger partial charge >= 0.3 is 0 Å². The molecule has 1 fully saturated rings. The minimum Gasteiger partial charge on any atom is -0.394 e. The van der Waals surface area contributed by atoms with Crippen molar-refractivity contribution in [3.63, 3.8) is 0 Å². The lowest BCUT2D eigenvalue weighted by Crippen LogP contribution is -2.40. The third-order valence-electron chi connectivity index (χ3n) is 2.57. The van der Waals surface area contributed by atoms with Crippen molar-refractivity contribution in [3.05, 3.63) is 11.1 Å². The van der Waals surface area contributed by atoms with E-state index in [-0.39, 0.29) is 24.2 Å². The predicted molar refractivity (Wildman–Crippen MR) is 56.9 cm³/mol. The van der Waals surface area contributed by atoms with Gasteiger partial charge in [0.2, 0.25) is 0 Å². The lowest BCUT2D eigenvalue weighted by atomic mass is 10.2. The summed E-state index contributed by atoms with van der Waals surface area (Å²) in [5.74, 6) is 0. The van der Waals surface area contributed by atoms with Gasteiger partial charge < -0.3 is 20.5 Å². The van der Waals surface area contributed by atoms with E-state index in [2.05, 4.69) is 0 Å². The van der Waals surface area contributed by atoms with Crippen LogP contribution in [0.15, 0.2) is 11.1 Å². The van der Waals surface area contributed by atoms with Crippen LogP contribution in [0.4, 0.5) is 4.79 Å². The number of carbonyl (C=O) groups excluding carboxylic acids is 1. The number of nitrogens with zero attached hydrogens (tertiary/aromatic N) is 1. The number of ether oxygens (including phenoxy) is 1. The van der Waals surface area contributed by atoms with Crippen molar-refractivity contribution in [1.29, 1.82) is 0 Å². The molecule has 0 aliphatic carbocycles. The molecule has 5 nitrogen and oxygen atoms in total. The lowest BCUT2D eigenvalue weighted by Gasteiger charge is -2.29. The topological polar surface area (TPSA) is 75.8 Å². The molecule has 2 rings (SSSR count). The van der Waals surface area contributed by atoms with Crippen LogP contribution in [0.5, 0.6) is 0 Å². The Morgan fingerprint density at radius 1 is 1.67 bits per heavy atom. The first kappa shape index (κ1) is 10.8. The van der Waals surface area contributed by atoms with Gasteiger partial charge in [-0.2, -0.15) is 0 Å². The molecule has 15 heavy (non-hydrogen) atoms. The Labute approximate surface area is 92.2 Å². The van der Waals surface area contributed by atoms with Gasteiger partial charge in [0.1, 0.15) is 6.23 Å². The second-order valence-corrected chi connectivity index (χ2v) is 4.62. The van der Waals surface area contributed by atoms with E-state index in [0.717, 1.165) is 24.6 Å². The molecule has 0 radical (unpaired) electrons. The van der Waals surface area contributed by atoms with E-state index in [0.29, 0.717) is 11.6 Å². The molecular formula is C9H14N2O3S. The quantitative estimate of drug-likeness (QED) is 0.720. The van der Waals surface area contributed by atoms with Crippen molar-refractivity contribution in [2.24, 2.45) is 5.73 Å². The number of amides is 1. The Kier molecular flexibility index (Phi) is 3.18. The molecule has 0 bridgehead atoms. The fourth-order valence-electron chi connectivity index (χ4n) is 1.75. The SMILES string of the molecule is NC1=CCN([C@H]2CC[C@@H](CO)O2)C(=O)S1. The number of aliphatic hydroxyl groups excluding tert-OH is 1. The fourth-order valence-corrected chi connectivity index (χ4v) is 2.42. The molecule has 0 spiro atoms. The molecule has 2 atom stereocenters. The van der Waals surface area contributed by atoms with Crippen molar-refractivity contribution >= 4 is 17.0 Å². The average molecular weight is 230 g/mol. The monoisotopic (exact) mass is 230 g/mol. The number of nitrogens with two attached hydrogens (primary N) is 1. The van der Waals surface area contributed by atoms with Crippen LogP contribution in [0.2, 0.25) is 0 Å². The van der Waals surface area contributed by atoms with E-state index in [9.17, 15) is 4.79 Å². The molecule has 3 N–H and O–H groups in total. The highest BCUT2D eigenvalue weighted by Crippen LogP contribution is 2.28. The molecule has 2 heterocycles. The first-order valence-corrected chi connectivity index (χ1v) is 5.72. The van der Waals surface area contributed by atoms with E-state index in [1.807, 2.05) is 6.08 Å². The summed E-state index contributed by atoms with van der Waals surface area (Å²) in [5, 5.41) is 9.40. The summed E-state index contributed by atoms with van der Waals surface area (Å²) >= 11 is 1.03. The van der Waals surface area contributed by atoms with Gasteiger partial charge in [-0.05, 0) is 30.7 Å². The Morgan fingerprint density at radius 3 is 3.07 bits per heavy atom. The third kappa shape index (κ3) is 2.27. The zero-order valence-corrected chi connectivity index (χ0v) is 9.07. The second-order valence-electron chi connectivity index (χ2n) is 3.60. The Morgan fingerprint density at radius 2 is 2.47 bits per heavy atom. The predicted octanol–water partition coefficient (Wildman–Crippen LogP) is 0.453. The molecule has 0 unspecified atom stereocenters. The van der Waals surface area contributed by atoms with Crippen LogP contribution in [0.1, 0.15) is 12.8 Å². The molecule has 2 aliphatic rings. The van der Waals surface area contributed by atoms with E-state index in [4.69, 9.17) is 15.6 Å². The maximum absolute atomic E-state index is 11.6. The zero-order valence-electron chi connectivity index (χ0n) is 8.26. The van der Waals surface area contributed by atoms with Gasteiger partial charge in [0.15, 0.2) is 0 Å². The highest BCUT2D eigenvalue weighted by Gasteiger charge is 2.33. The van der Waals surface area contributed by atoms with E-state index in [1.165, 1.54) is 0 Å². The molecule has 1 saturated heterocycles. The van der Waals surface area contributed by atoms with Crippen molar-refractivity contribution in [2.75, 3.05) is 13.2 Å². The normalized spacial score (nSPS) is 31.9. The first-order chi connectivity index (χ1) is 7.20. The number of hydrogen-bond donors (Lipinski definition) is 2. The maximum Gasteiger partial charge on any atom is 0.290 e. The molecule has 84 valence electrons. The molecule has 1 amide bonds. The van der Waals surface area contributed by atoms with Gasteiger partial charge in [0, 0.05) is 6.54 Å². The third-order valence-corrected chi connectivity index (χ3v) is 3.38. The molecular weight excluding hydrogens is 216 g/mol. The Hall–Kier alpha value is -0.720. The first-order valence-electron chi connectivity index (χ1n) is 4.91. The highest BCUT2D eigenvalue weighted by atomic mass is 32.2. The molecule has 6 heteroatoms. The lowest BCUT2D eigenvalue weighted by molar-refractivity contribution is -0.0436.